The van der Waals surface area contributed by atoms with Gasteiger partial charge in [-0.15, -0.1) is 0 Å². The Balaban J connectivity index is 1.27. The number of hydrogen-bond donors (Lipinski definition) is 2. The van der Waals surface area contributed by atoms with Gasteiger partial charge in [0.15, 0.2) is 10.8 Å². The molecule has 0 saturated heterocycles. The Bertz CT molecular complexity index is 1550. The molecule has 5 aromatic rings. The molecule has 2 aromatic carbocycles. The zero-order valence-corrected chi connectivity index (χ0v) is 21.5. The Morgan fingerprint density at radius 2 is 1.71 bits per heavy atom. The fraction of sp³-hybridized carbons (Fsp3) is 0.143. The quantitative estimate of drug-likeness (QED) is 0.0794. The van der Waals surface area contributed by atoms with E-state index in [4.69, 9.17) is 4.98 Å². The first kappa shape index (κ1) is 25.2. The number of nitro groups is 1. The largest absolute Gasteiger partial charge is 0.369 e. The van der Waals surface area contributed by atoms with E-state index < -0.39 is 4.92 Å². The highest BCUT2D eigenvalue weighted by Gasteiger charge is 2.13. The van der Waals surface area contributed by atoms with Crippen molar-refractivity contribution >= 4 is 34.3 Å². The molecule has 0 amide bonds. The van der Waals surface area contributed by atoms with Crippen LogP contribution in [-0.2, 0) is 6.54 Å². The predicted molar refractivity (Wildman–Crippen MR) is 151 cm³/mol. The van der Waals surface area contributed by atoms with Crippen LogP contribution in [0.5, 0.6) is 0 Å². The molecule has 3 heterocycles. The lowest BCUT2D eigenvalue weighted by atomic mass is 9.98. The van der Waals surface area contributed by atoms with E-state index in [2.05, 4.69) is 68.1 Å². The Kier molecular flexibility index (Phi) is 7.81. The highest BCUT2D eigenvalue weighted by Crippen LogP contribution is 2.33. The summed E-state index contributed by atoms with van der Waals surface area (Å²) in [6.45, 7) is 2.06. The van der Waals surface area contributed by atoms with Crippen LogP contribution >= 0.6 is 11.8 Å². The normalized spacial score (nSPS) is 11.0. The predicted octanol–water partition coefficient (Wildman–Crippen LogP) is 5.59. The van der Waals surface area contributed by atoms with Crippen LogP contribution in [0.1, 0.15) is 5.56 Å². The molecule has 0 unspecified atom stereocenters. The molecule has 0 spiro atoms. The van der Waals surface area contributed by atoms with Crippen molar-refractivity contribution in [2.24, 2.45) is 0 Å². The number of aromatic nitrogens is 4. The van der Waals surface area contributed by atoms with Crippen molar-refractivity contribution in [2.45, 2.75) is 11.7 Å². The van der Waals surface area contributed by atoms with Crippen molar-refractivity contribution in [2.75, 3.05) is 24.7 Å². The van der Waals surface area contributed by atoms with E-state index in [9.17, 15) is 10.1 Å². The molecule has 38 heavy (non-hydrogen) atoms. The van der Waals surface area contributed by atoms with Crippen molar-refractivity contribution < 1.29 is 4.92 Å². The maximum absolute atomic E-state index is 10.7. The molecule has 0 bridgehead atoms. The molecule has 0 aliphatic rings. The van der Waals surface area contributed by atoms with E-state index in [0.29, 0.717) is 36.3 Å². The maximum Gasteiger partial charge on any atom is 0.287 e. The Morgan fingerprint density at radius 1 is 0.895 bits per heavy atom. The molecule has 5 rings (SSSR count). The van der Waals surface area contributed by atoms with Gasteiger partial charge in [0.2, 0.25) is 0 Å². The number of thioether (sulfide) groups is 1. The Labute approximate surface area is 223 Å². The standard InChI is InChI=1S/C28H25N7O2S/c1-38-28-32-17-22-15-24(20-5-3-2-4-6-20)26(33-27(22)34-28)21-9-7-19(8-10-21)16-29-13-14-30-25-12-11-23(18-31-25)35(36)37/h2-12,15,17-18,29H,13-14,16H2,1H3,(H,30,31). The average Bonchev–Trinajstić information content (AvgIpc) is 2.97. The summed E-state index contributed by atoms with van der Waals surface area (Å²) in [6.07, 6.45) is 5.04. The zero-order chi connectivity index (χ0) is 26.3. The van der Waals surface area contributed by atoms with Crippen LogP contribution in [0.15, 0.2) is 90.3 Å². The van der Waals surface area contributed by atoms with Gasteiger partial charge in [0.25, 0.3) is 5.69 Å². The van der Waals surface area contributed by atoms with Crippen molar-refractivity contribution in [3.05, 3.63) is 101 Å². The highest BCUT2D eigenvalue weighted by atomic mass is 32.2. The molecule has 0 fully saturated rings. The summed E-state index contributed by atoms with van der Waals surface area (Å²) in [7, 11) is 0. The van der Waals surface area contributed by atoms with Crippen LogP contribution in [0.4, 0.5) is 11.5 Å². The first-order chi connectivity index (χ1) is 18.6. The van der Waals surface area contributed by atoms with E-state index >= 15 is 0 Å². The molecule has 3 aromatic heterocycles. The molecule has 0 aliphatic heterocycles. The maximum atomic E-state index is 10.7. The minimum absolute atomic E-state index is 0.0233. The van der Waals surface area contributed by atoms with E-state index in [-0.39, 0.29) is 5.69 Å². The molecular formula is C28H25N7O2S. The number of rotatable bonds is 10. The van der Waals surface area contributed by atoms with Gasteiger partial charge >= 0.3 is 0 Å². The SMILES string of the molecule is CSc1ncc2cc(-c3ccccc3)c(-c3ccc(CNCCNc4ccc([N+](=O)[O-])cn4)cc3)nc2n1. The van der Waals surface area contributed by atoms with Gasteiger partial charge in [-0.2, -0.15) is 0 Å². The number of benzene rings is 2. The number of fused-ring (bicyclic) bond motifs is 1. The summed E-state index contributed by atoms with van der Waals surface area (Å²) in [5.74, 6) is 0.605. The second-order valence-electron chi connectivity index (χ2n) is 8.48. The topological polar surface area (TPSA) is 119 Å². The monoisotopic (exact) mass is 523 g/mol. The van der Waals surface area contributed by atoms with Crippen LogP contribution in [0.2, 0.25) is 0 Å². The van der Waals surface area contributed by atoms with Crippen molar-refractivity contribution in [1.29, 1.82) is 0 Å². The zero-order valence-electron chi connectivity index (χ0n) is 20.7. The minimum Gasteiger partial charge on any atom is -0.369 e. The number of nitrogens with zero attached hydrogens (tertiary/aromatic N) is 5. The second-order valence-corrected chi connectivity index (χ2v) is 9.25. The molecule has 0 radical (unpaired) electrons. The van der Waals surface area contributed by atoms with Crippen LogP contribution in [0.3, 0.4) is 0 Å². The second kappa shape index (κ2) is 11.8. The van der Waals surface area contributed by atoms with Crippen LogP contribution in [0.25, 0.3) is 33.4 Å². The summed E-state index contributed by atoms with van der Waals surface area (Å²) in [6, 6.07) is 23.8. The van der Waals surface area contributed by atoms with Crippen molar-refractivity contribution in [3.63, 3.8) is 0 Å². The highest BCUT2D eigenvalue weighted by molar-refractivity contribution is 7.98. The first-order valence-electron chi connectivity index (χ1n) is 12.0. The Morgan fingerprint density at radius 3 is 2.42 bits per heavy atom. The lowest BCUT2D eigenvalue weighted by Crippen LogP contribution is -2.22. The van der Waals surface area contributed by atoms with Gasteiger partial charge in [-0.25, -0.2) is 19.9 Å². The lowest BCUT2D eigenvalue weighted by Gasteiger charge is -2.12. The van der Waals surface area contributed by atoms with Gasteiger partial charge in [-0.05, 0) is 29.5 Å². The van der Waals surface area contributed by atoms with Gasteiger partial charge in [0.1, 0.15) is 12.0 Å². The van der Waals surface area contributed by atoms with Crippen LogP contribution in [0, 0.1) is 10.1 Å². The third kappa shape index (κ3) is 5.93. The minimum atomic E-state index is -0.460. The summed E-state index contributed by atoms with van der Waals surface area (Å²) in [5, 5.41) is 18.9. The summed E-state index contributed by atoms with van der Waals surface area (Å²) in [5.41, 5.74) is 5.83. The molecule has 10 heteroatoms. The number of anilines is 1. The smallest absolute Gasteiger partial charge is 0.287 e. The van der Waals surface area contributed by atoms with E-state index in [0.717, 1.165) is 33.3 Å². The number of pyridine rings is 2. The first-order valence-corrected chi connectivity index (χ1v) is 13.2. The van der Waals surface area contributed by atoms with Gasteiger partial charge in [0.05, 0.1) is 10.6 Å². The Hall–Kier alpha value is -4.41. The summed E-state index contributed by atoms with van der Waals surface area (Å²) >= 11 is 1.50. The van der Waals surface area contributed by atoms with Gasteiger partial charge in [0, 0.05) is 48.4 Å². The number of nitrogens with one attached hydrogen (secondary N) is 2. The molecule has 2 N–H and O–H groups in total. The average molecular weight is 524 g/mol. The summed E-state index contributed by atoms with van der Waals surface area (Å²) < 4.78 is 0. The van der Waals surface area contributed by atoms with Crippen LogP contribution < -0.4 is 10.6 Å². The van der Waals surface area contributed by atoms with Gasteiger partial charge in [-0.1, -0.05) is 66.4 Å². The third-order valence-corrected chi connectivity index (χ3v) is 6.50. The number of hydrogen-bond acceptors (Lipinski definition) is 9. The van der Waals surface area contributed by atoms with Gasteiger partial charge in [-0.3, -0.25) is 10.1 Å². The molecule has 0 atom stereocenters. The molecule has 190 valence electrons. The fourth-order valence-corrected chi connectivity index (χ4v) is 4.33. The van der Waals surface area contributed by atoms with E-state index in [1.807, 2.05) is 30.7 Å². The van der Waals surface area contributed by atoms with E-state index in [1.54, 1.807) is 6.07 Å². The van der Waals surface area contributed by atoms with E-state index in [1.165, 1.54) is 24.0 Å². The fourth-order valence-electron chi connectivity index (χ4n) is 3.99. The molecule has 0 aliphatic carbocycles. The van der Waals surface area contributed by atoms with Crippen molar-refractivity contribution in [1.82, 2.24) is 25.3 Å². The molecule has 9 nitrogen and oxygen atoms in total. The van der Waals surface area contributed by atoms with Crippen LogP contribution in [-0.4, -0.2) is 44.2 Å². The van der Waals surface area contributed by atoms with Gasteiger partial charge < -0.3 is 10.6 Å². The van der Waals surface area contributed by atoms with Crippen molar-refractivity contribution in [3.8, 4) is 22.4 Å². The summed E-state index contributed by atoms with van der Waals surface area (Å²) in [4.78, 5) is 28.3. The third-order valence-electron chi connectivity index (χ3n) is 5.94. The lowest BCUT2D eigenvalue weighted by molar-refractivity contribution is -0.385. The molecule has 0 saturated carbocycles. The molecular weight excluding hydrogens is 498 g/mol.